The Hall–Kier alpha value is -3.24. The molecule has 158 valence electrons. The standard InChI is InChI=1S/C21H19N5O3S2/c1-11-9-13(31-20-22-12(2)10-30-20)5-7-15(11)24-18(27)16-8-6-14-17(23-16)25(3)21(29)26(4)19(14)28/h5-10H,1-4H3,(H,24,27). The normalized spacial score (nSPS) is 11.1. The molecule has 1 amide bonds. The van der Waals surface area contributed by atoms with E-state index in [1.807, 2.05) is 37.4 Å². The van der Waals surface area contributed by atoms with E-state index in [9.17, 15) is 14.4 Å². The zero-order valence-electron chi connectivity index (χ0n) is 17.3. The van der Waals surface area contributed by atoms with Gasteiger partial charge in [0.05, 0.1) is 5.39 Å². The SMILES string of the molecule is Cc1csc(Sc2ccc(NC(=O)c3ccc4c(=O)n(C)c(=O)n(C)c4n3)c(C)c2)n1. The third kappa shape index (κ3) is 4.04. The summed E-state index contributed by atoms with van der Waals surface area (Å²) in [7, 11) is 2.93. The summed E-state index contributed by atoms with van der Waals surface area (Å²) in [6.45, 7) is 3.87. The molecular formula is C21H19N5O3S2. The van der Waals surface area contributed by atoms with Crippen molar-refractivity contribution in [3.05, 3.63) is 73.5 Å². The summed E-state index contributed by atoms with van der Waals surface area (Å²) in [5.74, 6) is -0.422. The molecule has 0 aliphatic carbocycles. The van der Waals surface area contributed by atoms with Crippen LogP contribution in [0.3, 0.4) is 0 Å². The first-order chi connectivity index (χ1) is 14.7. The Morgan fingerprint density at radius 2 is 1.84 bits per heavy atom. The molecule has 0 fully saturated rings. The molecule has 1 N–H and O–H groups in total. The van der Waals surface area contributed by atoms with Crippen molar-refractivity contribution in [3.8, 4) is 0 Å². The Labute approximate surface area is 185 Å². The minimum absolute atomic E-state index is 0.117. The number of fused-ring (bicyclic) bond motifs is 1. The molecule has 0 aliphatic rings. The largest absolute Gasteiger partial charge is 0.332 e. The van der Waals surface area contributed by atoms with E-state index in [4.69, 9.17) is 0 Å². The first-order valence-electron chi connectivity index (χ1n) is 9.33. The maximum Gasteiger partial charge on any atom is 0.332 e. The van der Waals surface area contributed by atoms with E-state index < -0.39 is 17.2 Å². The summed E-state index contributed by atoms with van der Waals surface area (Å²) in [6.07, 6.45) is 0. The minimum atomic E-state index is -0.498. The molecule has 3 aromatic heterocycles. The second kappa shape index (κ2) is 8.12. The fourth-order valence-corrected chi connectivity index (χ4v) is 5.00. The van der Waals surface area contributed by atoms with Crippen LogP contribution in [0.15, 0.2) is 54.5 Å². The number of rotatable bonds is 4. The van der Waals surface area contributed by atoms with Crippen LogP contribution in [0.25, 0.3) is 11.0 Å². The Morgan fingerprint density at radius 1 is 1.06 bits per heavy atom. The van der Waals surface area contributed by atoms with Crippen LogP contribution in [0.4, 0.5) is 5.69 Å². The number of hydrogen-bond donors (Lipinski definition) is 1. The molecule has 4 rings (SSSR count). The van der Waals surface area contributed by atoms with E-state index in [1.54, 1.807) is 23.1 Å². The van der Waals surface area contributed by atoms with E-state index in [0.717, 1.165) is 25.1 Å². The number of anilines is 1. The van der Waals surface area contributed by atoms with Crippen molar-refractivity contribution in [2.75, 3.05) is 5.32 Å². The number of carbonyl (C=O) groups excluding carboxylic acids is 1. The third-order valence-corrected chi connectivity index (χ3v) is 6.83. The van der Waals surface area contributed by atoms with Crippen LogP contribution < -0.4 is 16.6 Å². The summed E-state index contributed by atoms with van der Waals surface area (Å²) in [5, 5.41) is 5.13. The van der Waals surface area contributed by atoms with Gasteiger partial charge in [0.2, 0.25) is 0 Å². The van der Waals surface area contributed by atoms with E-state index in [0.29, 0.717) is 5.69 Å². The zero-order chi connectivity index (χ0) is 22.3. The smallest absolute Gasteiger partial charge is 0.320 e. The second-order valence-electron chi connectivity index (χ2n) is 7.06. The van der Waals surface area contributed by atoms with Gasteiger partial charge in [-0.2, -0.15) is 0 Å². The highest BCUT2D eigenvalue weighted by atomic mass is 32.2. The highest BCUT2D eigenvalue weighted by molar-refractivity contribution is 8.01. The van der Waals surface area contributed by atoms with Crippen molar-refractivity contribution < 1.29 is 4.79 Å². The van der Waals surface area contributed by atoms with Crippen LogP contribution in [0.2, 0.25) is 0 Å². The number of pyridine rings is 1. The minimum Gasteiger partial charge on any atom is -0.320 e. The summed E-state index contributed by atoms with van der Waals surface area (Å²) in [4.78, 5) is 47.0. The first kappa shape index (κ1) is 21.0. The van der Waals surface area contributed by atoms with Gasteiger partial charge in [0, 0.05) is 35.8 Å². The van der Waals surface area contributed by atoms with Crippen LogP contribution in [-0.2, 0) is 14.1 Å². The molecule has 8 nitrogen and oxygen atoms in total. The molecule has 0 spiro atoms. The van der Waals surface area contributed by atoms with E-state index in [1.165, 1.54) is 30.8 Å². The Kier molecular flexibility index (Phi) is 5.50. The number of thiazole rings is 1. The van der Waals surface area contributed by atoms with Gasteiger partial charge in [0.1, 0.15) is 11.3 Å². The number of hydrogen-bond acceptors (Lipinski definition) is 7. The molecule has 0 unspecified atom stereocenters. The van der Waals surface area contributed by atoms with Crippen molar-refractivity contribution in [2.24, 2.45) is 14.1 Å². The van der Waals surface area contributed by atoms with Crippen molar-refractivity contribution in [2.45, 2.75) is 23.1 Å². The van der Waals surface area contributed by atoms with Gasteiger partial charge in [-0.15, -0.1) is 11.3 Å². The lowest BCUT2D eigenvalue weighted by atomic mass is 10.2. The van der Waals surface area contributed by atoms with Crippen LogP contribution in [0.5, 0.6) is 0 Å². The number of nitrogens with one attached hydrogen (secondary N) is 1. The maximum atomic E-state index is 12.8. The van der Waals surface area contributed by atoms with Gasteiger partial charge >= 0.3 is 5.69 Å². The average molecular weight is 454 g/mol. The van der Waals surface area contributed by atoms with Crippen molar-refractivity contribution in [1.82, 2.24) is 19.1 Å². The van der Waals surface area contributed by atoms with Crippen molar-refractivity contribution >= 4 is 45.7 Å². The fraction of sp³-hybridized carbons (Fsp3) is 0.190. The number of aryl methyl sites for hydroxylation is 3. The van der Waals surface area contributed by atoms with Crippen molar-refractivity contribution in [1.29, 1.82) is 0 Å². The lowest BCUT2D eigenvalue weighted by Gasteiger charge is -2.11. The van der Waals surface area contributed by atoms with E-state index in [-0.39, 0.29) is 16.7 Å². The van der Waals surface area contributed by atoms with E-state index in [2.05, 4.69) is 15.3 Å². The van der Waals surface area contributed by atoms with Crippen molar-refractivity contribution in [3.63, 3.8) is 0 Å². The quantitative estimate of drug-likeness (QED) is 0.510. The summed E-state index contributed by atoms with van der Waals surface area (Å²) in [6, 6.07) is 8.74. The zero-order valence-corrected chi connectivity index (χ0v) is 18.9. The lowest BCUT2D eigenvalue weighted by molar-refractivity contribution is 0.102. The highest BCUT2D eigenvalue weighted by Crippen LogP contribution is 2.32. The number of benzene rings is 1. The van der Waals surface area contributed by atoms with Crippen LogP contribution >= 0.6 is 23.1 Å². The monoisotopic (exact) mass is 453 g/mol. The molecule has 4 aromatic rings. The molecule has 1 aromatic carbocycles. The Balaban J connectivity index is 1.60. The van der Waals surface area contributed by atoms with Crippen LogP contribution in [0, 0.1) is 13.8 Å². The first-order valence-corrected chi connectivity index (χ1v) is 11.0. The number of amides is 1. The third-order valence-electron chi connectivity index (χ3n) is 4.78. The molecule has 10 heteroatoms. The Bertz CT molecular complexity index is 1450. The predicted molar refractivity (Wildman–Crippen MR) is 122 cm³/mol. The number of nitrogens with zero attached hydrogens (tertiary/aromatic N) is 4. The molecule has 3 heterocycles. The number of aromatic nitrogens is 4. The van der Waals surface area contributed by atoms with E-state index >= 15 is 0 Å². The van der Waals surface area contributed by atoms with Gasteiger partial charge in [-0.3, -0.25) is 18.7 Å². The van der Waals surface area contributed by atoms with Gasteiger partial charge in [0.15, 0.2) is 4.34 Å². The number of carbonyl (C=O) groups is 1. The van der Waals surface area contributed by atoms with Gasteiger partial charge < -0.3 is 5.32 Å². The summed E-state index contributed by atoms with van der Waals surface area (Å²) in [5.41, 5.74) is 1.89. The fourth-order valence-electron chi connectivity index (χ4n) is 3.09. The molecule has 0 atom stereocenters. The predicted octanol–water partition coefficient (Wildman–Crippen LogP) is 3.11. The molecular weight excluding hydrogens is 434 g/mol. The highest BCUT2D eigenvalue weighted by Gasteiger charge is 2.15. The van der Waals surface area contributed by atoms with Gasteiger partial charge in [0.25, 0.3) is 11.5 Å². The molecule has 0 saturated carbocycles. The lowest BCUT2D eigenvalue weighted by Crippen LogP contribution is -2.37. The molecule has 0 bridgehead atoms. The molecule has 0 aliphatic heterocycles. The maximum absolute atomic E-state index is 12.8. The molecule has 0 saturated heterocycles. The average Bonchev–Trinajstić information content (AvgIpc) is 3.16. The molecule has 31 heavy (non-hydrogen) atoms. The second-order valence-corrected chi connectivity index (χ2v) is 9.24. The van der Waals surface area contributed by atoms with Gasteiger partial charge in [-0.1, -0.05) is 11.8 Å². The van der Waals surface area contributed by atoms with Crippen LogP contribution in [-0.4, -0.2) is 25.0 Å². The summed E-state index contributed by atoms with van der Waals surface area (Å²) >= 11 is 3.16. The van der Waals surface area contributed by atoms with Gasteiger partial charge in [-0.05, 0) is 49.7 Å². The van der Waals surface area contributed by atoms with Gasteiger partial charge in [-0.25, -0.2) is 14.8 Å². The van der Waals surface area contributed by atoms with Crippen LogP contribution in [0.1, 0.15) is 21.7 Å². The molecule has 0 radical (unpaired) electrons. The topological polar surface area (TPSA) is 98.9 Å². The summed E-state index contributed by atoms with van der Waals surface area (Å²) < 4.78 is 3.23. The Morgan fingerprint density at radius 3 is 2.52 bits per heavy atom.